The van der Waals surface area contributed by atoms with Gasteiger partial charge in [-0.2, -0.15) is 0 Å². The monoisotopic (exact) mass is 315 g/mol. The number of piperidine rings is 1. The molecule has 1 aromatic carbocycles. The van der Waals surface area contributed by atoms with Gasteiger partial charge in [-0.05, 0) is 62.5 Å². The second-order valence-electron chi connectivity index (χ2n) is 8.00. The maximum Gasteiger partial charge on any atom is 0.0577 e. The van der Waals surface area contributed by atoms with E-state index >= 15 is 0 Å². The van der Waals surface area contributed by atoms with Crippen LogP contribution in [0.25, 0.3) is 0 Å². The minimum atomic E-state index is 0.403. The number of ether oxygens (including phenoxy) is 1. The third-order valence-corrected chi connectivity index (χ3v) is 6.44. The molecule has 0 bridgehead atoms. The van der Waals surface area contributed by atoms with Crippen molar-refractivity contribution in [3.63, 3.8) is 0 Å². The lowest BCUT2D eigenvalue weighted by atomic mass is 9.65. The summed E-state index contributed by atoms with van der Waals surface area (Å²) in [5.74, 6) is 0.797. The predicted molar refractivity (Wildman–Crippen MR) is 96.4 cm³/mol. The van der Waals surface area contributed by atoms with E-state index in [2.05, 4.69) is 56.0 Å². The standard InChI is InChI=1S/C21H33NO/c1-17-12-14-22(16-19-8-5-4-6-9-19)18(2)21(17,3)13-7-15-23-20-10-11-20/h4-6,8-9,17-18,20H,7,10-16H2,1-3H3/t17-,18+,21-/m1/s1. The summed E-state index contributed by atoms with van der Waals surface area (Å²) in [7, 11) is 0. The molecule has 1 aliphatic carbocycles. The van der Waals surface area contributed by atoms with Crippen molar-refractivity contribution in [3.8, 4) is 0 Å². The normalized spacial score (nSPS) is 32.1. The summed E-state index contributed by atoms with van der Waals surface area (Å²) in [5.41, 5.74) is 1.84. The summed E-state index contributed by atoms with van der Waals surface area (Å²) < 4.78 is 5.87. The molecule has 1 aromatic rings. The van der Waals surface area contributed by atoms with Crippen molar-refractivity contribution < 1.29 is 4.74 Å². The fourth-order valence-corrected chi connectivity index (χ4v) is 4.14. The highest BCUT2D eigenvalue weighted by molar-refractivity contribution is 5.15. The maximum atomic E-state index is 5.87. The van der Waals surface area contributed by atoms with Gasteiger partial charge in [-0.15, -0.1) is 0 Å². The van der Waals surface area contributed by atoms with Gasteiger partial charge in [-0.1, -0.05) is 44.2 Å². The van der Waals surface area contributed by atoms with E-state index in [1.165, 1.54) is 44.2 Å². The quantitative estimate of drug-likeness (QED) is 0.665. The first kappa shape index (κ1) is 17.0. The minimum Gasteiger partial charge on any atom is -0.378 e. The van der Waals surface area contributed by atoms with Crippen LogP contribution in [0.3, 0.4) is 0 Å². The van der Waals surface area contributed by atoms with Crippen LogP contribution in [-0.2, 0) is 11.3 Å². The second kappa shape index (κ2) is 7.36. The fourth-order valence-electron chi connectivity index (χ4n) is 4.14. The van der Waals surface area contributed by atoms with Crippen LogP contribution in [0.4, 0.5) is 0 Å². The van der Waals surface area contributed by atoms with E-state index in [-0.39, 0.29) is 0 Å². The minimum absolute atomic E-state index is 0.403. The Morgan fingerprint density at radius 2 is 1.87 bits per heavy atom. The molecule has 1 saturated heterocycles. The Bertz CT molecular complexity index is 484. The lowest BCUT2D eigenvalue weighted by molar-refractivity contribution is -0.0251. The van der Waals surface area contributed by atoms with Gasteiger partial charge in [-0.3, -0.25) is 4.90 Å². The first-order valence-corrected chi connectivity index (χ1v) is 9.49. The third-order valence-electron chi connectivity index (χ3n) is 6.44. The molecule has 1 saturated carbocycles. The van der Waals surface area contributed by atoms with E-state index in [1.807, 2.05) is 0 Å². The molecular weight excluding hydrogens is 282 g/mol. The average molecular weight is 316 g/mol. The number of benzene rings is 1. The van der Waals surface area contributed by atoms with Crippen molar-refractivity contribution in [1.29, 1.82) is 0 Å². The summed E-state index contributed by atoms with van der Waals surface area (Å²) in [4.78, 5) is 2.69. The first-order chi connectivity index (χ1) is 11.1. The molecule has 0 spiro atoms. The van der Waals surface area contributed by atoms with Crippen molar-refractivity contribution in [1.82, 2.24) is 4.90 Å². The predicted octanol–water partition coefficient (Wildman–Crippen LogP) is 4.88. The summed E-state index contributed by atoms with van der Waals surface area (Å²) in [5, 5.41) is 0. The molecular formula is C21H33NO. The molecule has 0 N–H and O–H groups in total. The smallest absolute Gasteiger partial charge is 0.0577 e. The molecule has 2 fully saturated rings. The zero-order valence-corrected chi connectivity index (χ0v) is 15.1. The molecule has 0 unspecified atom stereocenters. The molecule has 1 aliphatic heterocycles. The highest BCUT2D eigenvalue weighted by atomic mass is 16.5. The van der Waals surface area contributed by atoms with Crippen LogP contribution in [0.15, 0.2) is 30.3 Å². The van der Waals surface area contributed by atoms with Crippen molar-refractivity contribution >= 4 is 0 Å². The van der Waals surface area contributed by atoms with Gasteiger partial charge in [0.25, 0.3) is 0 Å². The Hall–Kier alpha value is -0.860. The molecule has 23 heavy (non-hydrogen) atoms. The van der Waals surface area contributed by atoms with E-state index in [9.17, 15) is 0 Å². The van der Waals surface area contributed by atoms with E-state index in [0.29, 0.717) is 17.6 Å². The molecule has 2 heteroatoms. The highest BCUT2D eigenvalue weighted by Gasteiger charge is 2.42. The van der Waals surface area contributed by atoms with Crippen molar-refractivity contribution in [2.24, 2.45) is 11.3 Å². The summed E-state index contributed by atoms with van der Waals surface area (Å²) >= 11 is 0. The molecule has 2 aliphatic rings. The average Bonchev–Trinajstić information content (AvgIpc) is 3.38. The second-order valence-corrected chi connectivity index (χ2v) is 8.00. The van der Waals surface area contributed by atoms with Crippen molar-refractivity contribution in [2.75, 3.05) is 13.2 Å². The van der Waals surface area contributed by atoms with Gasteiger partial charge >= 0.3 is 0 Å². The van der Waals surface area contributed by atoms with Gasteiger partial charge in [0.15, 0.2) is 0 Å². The van der Waals surface area contributed by atoms with E-state index in [0.717, 1.165) is 19.1 Å². The molecule has 0 amide bonds. The number of likely N-dealkylation sites (tertiary alicyclic amines) is 1. The topological polar surface area (TPSA) is 12.5 Å². The van der Waals surface area contributed by atoms with Gasteiger partial charge in [0.1, 0.15) is 0 Å². The Morgan fingerprint density at radius 3 is 2.57 bits per heavy atom. The Kier molecular flexibility index (Phi) is 5.43. The molecule has 0 radical (unpaired) electrons. The van der Waals surface area contributed by atoms with Crippen LogP contribution in [0.5, 0.6) is 0 Å². The van der Waals surface area contributed by atoms with Crippen molar-refractivity contribution in [2.45, 2.75) is 71.6 Å². The third kappa shape index (κ3) is 4.16. The molecule has 2 nitrogen and oxygen atoms in total. The number of rotatable bonds is 7. The number of hydrogen-bond acceptors (Lipinski definition) is 2. The molecule has 3 rings (SSSR count). The zero-order valence-electron chi connectivity index (χ0n) is 15.1. The number of hydrogen-bond donors (Lipinski definition) is 0. The summed E-state index contributed by atoms with van der Waals surface area (Å²) in [6.07, 6.45) is 6.98. The SMILES string of the molecule is C[C@@H]1CCN(Cc2ccccc2)[C@@H](C)[C@]1(C)CCCOC1CC1. The number of nitrogens with zero attached hydrogens (tertiary/aromatic N) is 1. The van der Waals surface area contributed by atoms with Crippen LogP contribution in [0.1, 0.15) is 58.4 Å². The van der Waals surface area contributed by atoms with Crippen LogP contribution in [0.2, 0.25) is 0 Å². The Balaban J connectivity index is 1.58. The molecule has 0 aromatic heterocycles. The highest BCUT2D eigenvalue weighted by Crippen LogP contribution is 2.44. The van der Waals surface area contributed by atoms with E-state index in [4.69, 9.17) is 4.74 Å². The molecule has 128 valence electrons. The summed E-state index contributed by atoms with van der Waals surface area (Å²) in [6.45, 7) is 10.7. The van der Waals surface area contributed by atoms with Gasteiger partial charge in [0.2, 0.25) is 0 Å². The van der Waals surface area contributed by atoms with E-state index in [1.54, 1.807) is 0 Å². The van der Waals surface area contributed by atoms with Gasteiger partial charge in [0.05, 0.1) is 6.10 Å². The zero-order chi connectivity index (χ0) is 16.3. The van der Waals surface area contributed by atoms with Crippen LogP contribution >= 0.6 is 0 Å². The van der Waals surface area contributed by atoms with Crippen molar-refractivity contribution in [3.05, 3.63) is 35.9 Å². The van der Waals surface area contributed by atoms with Crippen LogP contribution in [0, 0.1) is 11.3 Å². The fraction of sp³-hybridized carbons (Fsp3) is 0.714. The van der Waals surface area contributed by atoms with Crippen LogP contribution < -0.4 is 0 Å². The largest absolute Gasteiger partial charge is 0.378 e. The summed E-state index contributed by atoms with van der Waals surface area (Å²) in [6, 6.07) is 11.6. The first-order valence-electron chi connectivity index (χ1n) is 9.49. The van der Waals surface area contributed by atoms with Gasteiger partial charge < -0.3 is 4.74 Å². The lowest BCUT2D eigenvalue weighted by Crippen LogP contribution is -2.52. The van der Waals surface area contributed by atoms with E-state index < -0.39 is 0 Å². The van der Waals surface area contributed by atoms with Gasteiger partial charge in [-0.25, -0.2) is 0 Å². The molecule has 3 atom stereocenters. The Morgan fingerprint density at radius 1 is 1.13 bits per heavy atom. The lowest BCUT2D eigenvalue weighted by Gasteiger charge is -2.51. The maximum absolute atomic E-state index is 5.87. The van der Waals surface area contributed by atoms with Gasteiger partial charge in [0, 0.05) is 19.2 Å². The molecule has 1 heterocycles. The van der Waals surface area contributed by atoms with Crippen LogP contribution in [-0.4, -0.2) is 30.2 Å². The Labute approximate surface area is 142 Å².